The van der Waals surface area contributed by atoms with Gasteiger partial charge in [-0.1, -0.05) is 129 Å². The van der Waals surface area contributed by atoms with Gasteiger partial charge in [0.1, 0.15) is 15.0 Å². The molecule has 0 amide bonds. The van der Waals surface area contributed by atoms with Gasteiger partial charge in [0.15, 0.2) is 5.75 Å². The average molecular weight is 633 g/mol. The molecule has 2 aromatic heterocycles. The van der Waals surface area contributed by atoms with Gasteiger partial charge in [0.2, 0.25) is 11.0 Å². The van der Waals surface area contributed by atoms with Crippen LogP contribution in [0.4, 0.5) is 0 Å². The second kappa shape index (κ2) is 9.62. The fraction of sp³-hybridized carbons (Fsp3) is 0.0256. The molecule has 4 heterocycles. The van der Waals surface area contributed by atoms with E-state index in [1.807, 2.05) is 22.7 Å². The number of ether oxygens (including phenoxy) is 1. The molecule has 1 unspecified atom stereocenters. The summed E-state index contributed by atoms with van der Waals surface area (Å²) in [5.41, 5.74) is 9.51. The van der Waals surface area contributed by atoms with Gasteiger partial charge in [-0.3, -0.25) is 0 Å². The first-order valence-corrected chi connectivity index (χ1v) is 17.4. The number of aromatic nitrogens is 2. The van der Waals surface area contributed by atoms with E-state index < -0.39 is 5.18 Å². The van der Waals surface area contributed by atoms with Crippen molar-refractivity contribution in [1.82, 2.24) is 0 Å². The highest BCUT2D eigenvalue weighted by atomic mass is 32.2. The largest absolute Gasteiger partial charge is 0.587 e. The number of hydrogen-bond acceptors (Lipinski definition) is 4. The SMILES string of the molecule is c1ccc(-c2ccc3c(c2)-c2sc4ccccc4[n+]2C2(O3)Sc3ccc(-c4ccccc4)cc3-c3sc4ccccc4[n+]32)cc1. The third kappa shape index (κ3) is 3.70. The lowest BCUT2D eigenvalue weighted by molar-refractivity contribution is -0.968. The number of thiazole rings is 2. The summed E-state index contributed by atoms with van der Waals surface area (Å²) >= 11 is 5.46. The monoisotopic (exact) mass is 632 g/mol. The highest BCUT2D eigenvalue weighted by molar-refractivity contribution is 7.99. The van der Waals surface area contributed by atoms with Crippen LogP contribution in [0.3, 0.4) is 0 Å². The molecule has 0 fully saturated rings. The molecule has 0 bridgehead atoms. The number of hydrogen-bond donors (Lipinski definition) is 0. The van der Waals surface area contributed by atoms with Crippen molar-refractivity contribution in [2.24, 2.45) is 0 Å². The molecular weight excluding hydrogens is 609 g/mol. The molecule has 2 aliphatic rings. The number of thioether (sulfide) groups is 1. The molecular formula is C39H24N2OS3+2. The molecule has 0 N–H and O–H groups in total. The van der Waals surface area contributed by atoms with Gasteiger partial charge < -0.3 is 4.74 Å². The van der Waals surface area contributed by atoms with Crippen molar-refractivity contribution in [3.63, 3.8) is 0 Å². The second-order valence-corrected chi connectivity index (χ2v) is 14.6. The summed E-state index contributed by atoms with van der Waals surface area (Å²) in [6.07, 6.45) is 0. The first kappa shape index (κ1) is 25.6. The van der Waals surface area contributed by atoms with Gasteiger partial charge in [-0.2, -0.15) is 0 Å². The molecule has 8 aromatic rings. The van der Waals surface area contributed by atoms with Gasteiger partial charge in [0, 0.05) is 17.0 Å². The molecule has 45 heavy (non-hydrogen) atoms. The van der Waals surface area contributed by atoms with Crippen molar-refractivity contribution in [2.45, 2.75) is 10.1 Å². The Balaban J connectivity index is 1.27. The van der Waals surface area contributed by atoms with Crippen LogP contribution in [0.1, 0.15) is 0 Å². The summed E-state index contributed by atoms with van der Waals surface area (Å²) in [5.74, 6) is 0.895. The van der Waals surface area contributed by atoms with E-state index in [9.17, 15) is 0 Å². The van der Waals surface area contributed by atoms with E-state index in [-0.39, 0.29) is 0 Å². The van der Waals surface area contributed by atoms with Crippen LogP contribution in [-0.4, -0.2) is 0 Å². The summed E-state index contributed by atoms with van der Waals surface area (Å²) < 4.78 is 14.8. The lowest BCUT2D eigenvalue weighted by Gasteiger charge is -2.30. The Morgan fingerprint density at radius 3 is 1.60 bits per heavy atom. The lowest BCUT2D eigenvalue weighted by Crippen LogP contribution is -2.76. The Hall–Kier alpha value is -4.75. The van der Waals surface area contributed by atoms with Gasteiger partial charge in [-0.15, -0.1) is 0 Å². The lowest BCUT2D eigenvalue weighted by atomic mass is 10.0. The Morgan fingerprint density at radius 1 is 0.467 bits per heavy atom. The van der Waals surface area contributed by atoms with Crippen LogP contribution in [0, 0.1) is 0 Å². The Kier molecular flexibility index (Phi) is 5.47. The van der Waals surface area contributed by atoms with Crippen LogP contribution in [-0.2, 0) is 5.18 Å². The van der Waals surface area contributed by atoms with Crippen LogP contribution < -0.4 is 13.9 Å². The first-order chi connectivity index (χ1) is 22.3. The van der Waals surface area contributed by atoms with Crippen molar-refractivity contribution < 1.29 is 13.9 Å². The van der Waals surface area contributed by atoms with Gasteiger partial charge in [0.25, 0.3) is 10.0 Å². The summed E-state index contributed by atoms with van der Waals surface area (Å²) in [4.78, 5) is 1.21. The quantitative estimate of drug-likeness (QED) is 0.177. The smallest absolute Gasteiger partial charge is 0.368 e. The van der Waals surface area contributed by atoms with Crippen molar-refractivity contribution in [3.05, 3.63) is 146 Å². The van der Waals surface area contributed by atoms with E-state index in [0.29, 0.717) is 0 Å². The fourth-order valence-electron chi connectivity index (χ4n) is 6.67. The van der Waals surface area contributed by atoms with Crippen molar-refractivity contribution >= 4 is 54.9 Å². The standard InChI is InChI=1S/C39H24N2OS3/c1-3-11-25(12-4-1)27-19-21-33-29(23-27)37-40(31-15-7-9-17-35(31)43-37)39(42-33)41-32-16-8-10-18-36(32)44-38(41)30-24-28(20-22-34(30)45-39)26-13-5-2-6-14-26/h1-24H/q+2. The maximum absolute atomic E-state index is 7.41. The normalized spacial score (nSPS) is 16.2. The highest BCUT2D eigenvalue weighted by Crippen LogP contribution is 2.53. The Morgan fingerprint density at radius 2 is 0.978 bits per heavy atom. The van der Waals surface area contributed by atoms with Gasteiger partial charge in [-0.25, -0.2) is 0 Å². The predicted molar refractivity (Wildman–Crippen MR) is 186 cm³/mol. The van der Waals surface area contributed by atoms with Crippen LogP contribution in [0.2, 0.25) is 0 Å². The van der Waals surface area contributed by atoms with E-state index in [0.717, 1.165) is 11.3 Å². The van der Waals surface area contributed by atoms with Crippen LogP contribution >= 0.6 is 34.4 Å². The third-order valence-electron chi connectivity index (χ3n) is 8.72. The zero-order chi connectivity index (χ0) is 29.5. The number of nitrogens with zero attached hydrogens (tertiary/aromatic N) is 2. The van der Waals surface area contributed by atoms with Crippen molar-refractivity contribution in [2.75, 3.05) is 0 Å². The number of para-hydroxylation sites is 2. The molecule has 0 radical (unpaired) electrons. The molecule has 1 atom stereocenters. The highest BCUT2D eigenvalue weighted by Gasteiger charge is 2.66. The van der Waals surface area contributed by atoms with Gasteiger partial charge in [0.05, 0.1) is 17.3 Å². The van der Waals surface area contributed by atoms with E-state index >= 15 is 0 Å². The molecule has 0 saturated heterocycles. The number of benzene rings is 6. The molecule has 6 aromatic carbocycles. The van der Waals surface area contributed by atoms with Crippen LogP contribution in [0.25, 0.3) is 63.8 Å². The Bertz CT molecular complexity index is 2270. The Labute approximate surface area is 272 Å². The zero-order valence-electron chi connectivity index (χ0n) is 23.9. The van der Waals surface area contributed by atoms with Crippen LogP contribution in [0.15, 0.2) is 150 Å². The maximum atomic E-state index is 7.41. The summed E-state index contributed by atoms with van der Waals surface area (Å²) in [5, 5.41) is 1.49. The number of rotatable bonds is 2. The number of fused-ring (bicyclic) bond motifs is 12. The summed E-state index contributed by atoms with van der Waals surface area (Å²) in [6.45, 7) is 0. The molecule has 2 aliphatic heterocycles. The van der Waals surface area contributed by atoms with Crippen molar-refractivity contribution in [1.29, 1.82) is 0 Å². The molecule has 10 rings (SSSR count). The maximum Gasteiger partial charge on any atom is 0.587 e. The summed E-state index contributed by atoms with van der Waals surface area (Å²) in [6, 6.07) is 52.2. The van der Waals surface area contributed by atoms with E-state index in [4.69, 9.17) is 4.74 Å². The fourth-order valence-corrected chi connectivity index (χ4v) is 10.6. The molecule has 6 heteroatoms. The minimum absolute atomic E-state index is 0.895. The molecule has 0 aliphatic carbocycles. The minimum atomic E-state index is -0.896. The molecule has 1 spiro atoms. The van der Waals surface area contributed by atoms with E-state index in [1.54, 1.807) is 11.8 Å². The average Bonchev–Trinajstić information content (AvgIpc) is 3.70. The van der Waals surface area contributed by atoms with Gasteiger partial charge >= 0.3 is 5.18 Å². The van der Waals surface area contributed by atoms with Gasteiger partial charge in [-0.05, 0) is 58.7 Å². The summed E-state index contributed by atoms with van der Waals surface area (Å²) in [7, 11) is 0. The van der Waals surface area contributed by atoms with Crippen LogP contribution in [0.5, 0.6) is 5.75 Å². The van der Waals surface area contributed by atoms with E-state index in [2.05, 4.69) is 155 Å². The molecule has 212 valence electrons. The van der Waals surface area contributed by atoms with E-state index in [1.165, 1.54) is 63.2 Å². The van der Waals surface area contributed by atoms with Crippen molar-refractivity contribution in [3.8, 4) is 49.1 Å². The molecule has 0 saturated carbocycles. The first-order valence-electron chi connectivity index (χ1n) is 14.9. The minimum Gasteiger partial charge on any atom is -0.368 e. The topological polar surface area (TPSA) is 17.0 Å². The second-order valence-electron chi connectivity index (χ2n) is 11.3. The third-order valence-corrected chi connectivity index (χ3v) is 12.3. The predicted octanol–water partition coefficient (Wildman–Crippen LogP) is 9.97. The zero-order valence-corrected chi connectivity index (χ0v) is 26.3. The molecule has 3 nitrogen and oxygen atoms in total.